The summed E-state index contributed by atoms with van der Waals surface area (Å²) in [7, 11) is 0. The van der Waals surface area contributed by atoms with Crippen molar-refractivity contribution in [2.24, 2.45) is 0 Å². The first-order valence-electron chi connectivity index (χ1n) is 8.19. The van der Waals surface area contributed by atoms with Gasteiger partial charge in [-0.25, -0.2) is 4.98 Å². The van der Waals surface area contributed by atoms with Crippen LogP contribution < -0.4 is 10.6 Å². The second-order valence-corrected chi connectivity index (χ2v) is 6.88. The number of benzene rings is 2. The maximum absolute atomic E-state index is 12.4. The summed E-state index contributed by atoms with van der Waals surface area (Å²) in [6.45, 7) is 3.91. The van der Waals surface area contributed by atoms with E-state index in [9.17, 15) is 9.59 Å². The van der Waals surface area contributed by atoms with Gasteiger partial charge >= 0.3 is 0 Å². The fourth-order valence-electron chi connectivity index (χ4n) is 2.44. The zero-order chi connectivity index (χ0) is 18.5. The lowest BCUT2D eigenvalue weighted by atomic mass is 10.1. The second-order valence-electron chi connectivity index (χ2n) is 6.02. The van der Waals surface area contributed by atoms with Crippen LogP contribution in [0, 0.1) is 13.8 Å². The highest BCUT2D eigenvalue weighted by atomic mass is 32.1. The van der Waals surface area contributed by atoms with Gasteiger partial charge in [-0.2, -0.15) is 0 Å². The molecule has 0 aliphatic heterocycles. The average Bonchev–Trinajstić information content (AvgIpc) is 3.07. The van der Waals surface area contributed by atoms with E-state index < -0.39 is 0 Å². The lowest BCUT2D eigenvalue weighted by Gasteiger charge is -2.08. The minimum Gasteiger partial charge on any atom is -0.320 e. The number of aromatic nitrogens is 1. The molecule has 2 N–H and O–H groups in total. The maximum Gasteiger partial charge on any atom is 0.275 e. The molecule has 2 amide bonds. The molecule has 0 atom stereocenters. The van der Waals surface area contributed by atoms with Gasteiger partial charge in [-0.05, 0) is 36.6 Å². The van der Waals surface area contributed by atoms with E-state index in [1.807, 2.05) is 62.4 Å². The van der Waals surface area contributed by atoms with Crippen LogP contribution in [0.2, 0.25) is 0 Å². The van der Waals surface area contributed by atoms with E-state index in [1.165, 1.54) is 11.3 Å². The van der Waals surface area contributed by atoms with Gasteiger partial charge in [0.1, 0.15) is 5.69 Å². The van der Waals surface area contributed by atoms with E-state index in [1.54, 1.807) is 5.38 Å². The molecule has 132 valence electrons. The molecule has 0 unspecified atom stereocenters. The second kappa shape index (κ2) is 7.93. The highest BCUT2D eigenvalue weighted by molar-refractivity contribution is 7.14. The molecular formula is C20H19N3O2S. The van der Waals surface area contributed by atoms with Gasteiger partial charge in [0.05, 0.1) is 6.42 Å². The molecule has 1 aromatic heterocycles. The quantitative estimate of drug-likeness (QED) is 0.712. The summed E-state index contributed by atoms with van der Waals surface area (Å²) in [5, 5.41) is 7.66. The molecule has 2 aromatic carbocycles. The van der Waals surface area contributed by atoms with E-state index in [0.717, 1.165) is 22.4 Å². The fraction of sp³-hybridized carbons (Fsp3) is 0.150. The Balaban J connectivity index is 1.62. The number of amides is 2. The molecule has 3 rings (SSSR count). The van der Waals surface area contributed by atoms with Crippen LogP contribution in [0.3, 0.4) is 0 Å². The molecule has 0 bridgehead atoms. The van der Waals surface area contributed by atoms with Crippen LogP contribution >= 0.6 is 11.3 Å². The lowest BCUT2D eigenvalue weighted by molar-refractivity contribution is -0.115. The number of anilines is 2. The Kier molecular flexibility index (Phi) is 5.43. The van der Waals surface area contributed by atoms with Crippen LogP contribution in [-0.4, -0.2) is 16.8 Å². The minimum atomic E-state index is -0.293. The van der Waals surface area contributed by atoms with Crippen LogP contribution in [0.4, 0.5) is 10.8 Å². The third-order valence-electron chi connectivity index (χ3n) is 3.83. The first-order chi connectivity index (χ1) is 12.5. The molecule has 0 saturated heterocycles. The molecule has 0 saturated carbocycles. The molecule has 0 aliphatic rings. The third kappa shape index (κ3) is 4.55. The largest absolute Gasteiger partial charge is 0.320 e. The van der Waals surface area contributed by atoms with E-state index in [2.05, 4.69) is 15.6 Å². The summed E-state index contributed by atoms with van der Waals surface area (Å²) < 4.78 is 0. The van der Waals surface area contributed by atoms with Gasteiger partial charge in [0.25, 0.3) is 5.91 Å². The first kappa shape index (κ1) is 17.8. The van der Waals surface area contributed by atoms with Crippen LogP contribution in [0.25, 0.3) is 0 Å². The summed E-state index contributed by atoms with van der Waals surface area (Å²) in [5.41, 5.74) is 4.02. The summed E-state index contributed by atoms with van der Waals surface area (Å²) >= 11 is 1.23. The molecule has 0 fully saturated rings. The van der Waals surface area contributed by atoms with Crippen molar-refractivity contribution in [2.45, 2.75) is 20.3 Å². The van der Waals surface area contributed by atoms with E-state index in [0.29, 0.717) is 5.13 Å². The molecule has 6 heteroatoms. The number of nitrogens with zero attached hydrogens (tertiary/aromatic N) is 1. The van der Waals surface area contributed by atoms with E-state index in [4.69, 9.17) is 0 Å². The van der Waals surface area contributed by atoms with Gasteiger partial charge in [0, 0.05) is 11.1 Å². The van der Waals surface area contributed by atoms with Crippen LogP contribution in [-0.2, 0) is 11.2 Å². The van der Waals surface area contributed by atoms with Crippen LogP contribution in [0.15, 0.2) is 53.9 Å². The van der Waals surface area contributed by atoms with Gasteiger partial charge in [0.2, 0.25) is 5.91 Å². The molecule has 0 radical (unpaired) electrons. The van der Waals surface area contributed by atoms with Crippen molar-refractivity contribution in [3.63, 3.8) is 0 Å². The number of nitrogens with one attached hydrogen (secondary N) is 2. The highest BCUT2D eigenvalue weighted by Gasteiger charge is 2.14. The summed E-state index contributed by atoms with van der Waals surface area (Å²) in [6, 6.07) is 15.3. The lowest BCUT2D eigenvalue weighted by Crippen LogP contribution is -2.16. The number of thiazole rings is 1. The molecule has 3 aromatic rings. The Labute approximate surface area is 156 Å². The molecule has 5 nitrogen and oxygen atoms in total. The van der Waals surface area contributed by atoms with Gasteiger partial charge in [0.15, 0.2) is 5.13 Å². The van der Waals surface area contributed by atoms with Gasteiger partial charge < -0.3 is 10.6 Å². The number of aryl methyl sites for hydroxylation is 2. The molecule has 0 aliphatic carbocycles. The van der Waals surface area contributed by atoms with Gasteiger partial charge in [-0.1, -0.05) is 42.5 Å². The molecule has 1 heterocycles. The Morgan fingerprint density at radius 2 is 1.81 bits per heavy atom. The Hall–Kier alpha value is -2.99. The number of hydrogen-bond acceptors (Lipinski definition) is 4. The smallest absolute Gasteiger partial charge is 0.275 e. The van der Waals surface area contributed by atoms with Crippen LogP contribution in [0.5, 0.6) is 0 Å². The fourth-order valence-corrected chi connectivity index (χ4v) is 3.14. The Morgan fingerprint density at radius 3 is 2.58 bits per heavy atom. The standard InChI is InChI=1S/C20H19N3O2S/c1-13-8-9-14(2)16(10-13)21-19(25)17-12-26-20(22-17)23-18(24)11-15-6-4-3-5-7-15/h3-10,12H,11H2,1-2H3,(H,21,25)(H,22,23,24). The molecular weight excluding hydrogens is 346 g/mol. The number of carbonyl (C=O) groups excluding carboxylic acids is 2. The van der Waals surface area contributed by atoms with Crippen molar-refractivity contribution < 1.29 is 9.59 Å². The van der Waals surface area contributed by atoms with Crippen molar-refractivity contribution in [3.8, 4) is 0 Å². The monoisotopic (exact) mass is 365 g/mol. The topological polar surface area (TPSA) is 71.1 Å². The number of carbonyl (C=O) groups is 2. The normalized spacial score (nSPS) is 10.4. The van der Waals surface area contributed by atoms with E-state index in [-0.39, 0.29) is 23.9 Å². The van der Waals surface area contributed by atoms with Crippen molar-refractivity contribution in [1.82, 2.24) is 4.98 Å². The van der Waals surface area contributed by atoms with Gasteiger partial charge in [-0.15, -0.1) is 11.3 Å². The van der Waals surface area contributed by atoms with Crippen molar-refractivity contribution in [1.29, 1.82) is 0 Å². The first-order valence-corrected chi connectivity index (χ1v) is 9.07. The van der Waals surface area contributed by atoms with Crippen molar-refractivity contribution >= 4 is 34.0 Å². The van der Waals surface area contributed by atoms with Crippen molar-refractivity contribution in [3.05, 3.63) is 76.3 Å². The number of rotatable bonds is 5. The zero-order valence-electron chi connectivity index (χ0n) is 14.6. The predicted molar refractivity (Wildman–Crippen MR) is 105 cm³/mol. The molecule has 26 heavy (non-hydrogen) atoms. The van der Waals surface area contributed by atoms with Crippen molar-refractivity contribution in [2.75, 3.05) is 10.6 Å². The SMILES string of the molecule is Cc1ccc(C)c(NC(=O)c2csc(NC(=O)Cc3ccccc3)n2)c1. The summed E-state index contributed by atoms with van der Waals surface area (Å²) in [5.74, 6) is -0.453. The maximum atomic E-state index is 12.4. The Bertz CT molecular complexity index is 935. The summed E-state index contributed by atoms with van der Waals surface area (Å²) in [4.78, 5) is 28.7. The average molecular weight is 365 g/mol. The summed E-state index contributed by atoms with van der Waals surface area (Å²) in [6.07, 6.45) is 0.268. The third-order valence-corrected chi connectivity index (χ3v) is 4.59. The predicted octanol–water partition coefficient (Wildman–Crippen LogP) is 4.19. The Morgan fingerprint density at radius 1 is 1.04 bits per heavy atom. The van der Waals surface area contributed by atoms with Crippen LogP contribution in [0.1, 0.15) is 27.2 Å². The molecule has 0 spiro atoms. The number of hydrogen-bond donors (Lipinski definition) is 2. The highest BCUT2D eigenvalue weighted by Crippen LogP contribution is 2.20. The van der Waals surface area contributed by atoms with E-state index >= 15 is 0 Å². The minimum absolute atomic E-state index is 0.160. The zero-order valence-corrected chi connectivity index (χ0v) is 15.4. The van der Waals surface area contributed by atoms with Gasteiger partial charge in [-0.3, -0.25) is 9.59 Å².